The lowest BCUT2D eigenvalue weighted by Crippen LogP contribution is -2.20. The topological polar surface area (TPSA) is 17.8 Å². The van der Waals surface area contributed by atoms with Crippen molar-refractivity contribution in [3.8, 4) is 0 Å². The highest BCUT2D eigenvalue weighted by Crippen LogP contribution is 2.29. The van der Waals surface area contributed by atoms with Crippen molar-refractivity contribution in [3.05, 3.63) is 17.5 Å². The fraction of sp³-hybridized carbons (Fsp3) is 0.769. The first-order valence-corrected chi connectivity index (χ1v) is 6.02. The summed E-state index contributed by atoms with van der Waals surface area (Å²) in [4.78, 5) is 0. The van der Waals surface area contributed by atoms with Gasteiger partial charge in [0.25, 0.3) is 0 Å². The molecule has 0 radical (unpaired) electrons. The summed E-state index contributed by atoms with van der Waals surface area (Å²) in [6, 6.07) is 2.23. The Morgan fingerprint density at radius 2 is 2.07 bits per heavy atom. The van der Waals surface area contributed by atoms with Crippen molar-refractivity contribution in [1.82, 2.24) is 9.78 Å². The van der Waals surface area contributed by atoms with E-state index in [1.807, 2.05) is 0 Å². The zero-order valence-electron chi connectivity index (χ0n) is 10.4. The molecule has 2 nitrogen and oxygen atoms in total. The molecular formula is C13H22N2. The molecular weight excluding hydrogens is 184 g/mol. The fourth-order valence-corrected chi connectivity index (χ4v) is 1.98. The number of rotatable bonds is 2. The molecule has 1 saturated carbocycles. The van der Waals surface area contributed by atoms with E-state index in [1.54, 1.807) is 0 Å². The summed E-state index contributed by atoms with van der Waals surface area (Å²) in [5.74, 6) is 0.886. The zero-order chi connectivity index (χ0) is 11.1. The Hall–Kier alpha value is -0.790. The number of aromatic nitrogens is 2. The van der Waals surface area contributed by atoms with Gasteiger partial charge in [-0.05, 0) is 31.7 Å². The predicted octanol–water partition coefficient (Wildman–Crippen LogP) is 3.29. The van der Waals surface area contributed by atoms with Crippen LogP contribution in [0.15, 0.2) is 6.07 Å². The van der Waals surface area contributed by atoms with Crippen LogP contribution >= 0.6 is 0 Å². The molecule has 0 spiro atoms. The lowest BCUT2D eigenvalue weighted by atomic mass is 9.85. The van der Waals surface area contributed by atoms with E-state index in [9.17, 15) is 0 Å². The number of nitrogens with zero attached hydrogens (tertiary/aromatic N) is 2. The monoisotopic (exact) mass is 206 g/mol. The van der Waals surface area contributed by atoms with E-state index in [4.69, 9.17) is 5.10 Å². The average molecular weight is 206 g/mol. The molecule has 1 aromatic rings. The second-order valence-corrected chi connectivity index (χ2v) is 5.90. The molecule has 0 N–H and O–H groups in total. The van der Waals surface area contributed by atoms with Crippen LogP contribution in [0, 0.1) is 12.8 Å². The van der Waals surface area contributed by atoms with Crippen molar-refractivity contribution < 1.29 is 0 Å². The van der Waals surface area contributed by atoms with Crippen LogP contribution in [-0.4, -0.2) is 9.78 Å². The van der Waals surface area contributed by atoms with Gasteiger partial charge in [0.15, 0.2) is 0 Å². The Balaban J connectivity index is 2.13. The highest BCUT2D eigenvalue weighted by molar-refractivity contribution is 5.16. The standard InChI is InChI=1S/C13H22N2/c1-10-8-12(13(2,3)4)14-15(10)9-11-6-5-7-11/h8,11H,5-7,9H2,1-4H3. The quantitative estimate of drug-likeness (QED) is 0.726. The minimum Gasteiger partial charge on any atom is -0.269 e. The maximum atomic E-state index is 4.72. The van der Waals surface area contributed by atoms with Crippen molar-refractivity contribution in [3.63, 3.8) is 0 Å². The van der Waals surface area contributed by atoms with Crippen LogP contribution in [0.25, 0.3) is 0 Å². The maximum Gasteiger partial charge on any atom is 0.0680 e. The van der Waals surface area contributed by atoms with Crippen LogP contribution < -0.4 is 0 Å². The smallest absolute Gasteiger partial charge is 0.0680 e. The first-order chi connectivity index (χ1) is 6.97. The molecule has 2 rings (SSSR count). The summed E-state index contributed by atoms with van der Waals surface area (Å²) in [7, 11) is 0. The van der Waals surface area contributed by atoms with E-state index in [2.05, 4.69) is 38.4 Å². The molecule has 1 aliphatic carbocycles. The van der Waals surface area contributed by atoms with Crippen LogP contribution in [0.5, 0.6) is 0 Å². The van der Waals surface area contributed by atoms with Gasteiger partial charge in [-0.3, -0.25) is 4.68 Å². The minimum absolute atomic E-state index is 0.176. The Bertz CT molecular complexity index is 340. The van der Waals surface area contributed by atoms with Gasteiger partial charge in [-0.1, -0.05) is 27.2 Å². The van der Waals surface area contributed by atoms with Crippen molar-refractivity contribution in [2.75, 3.05) is 0 Å². The molecule has 2 heteroatoms. The third kappa shape index (κ3) is 2.24. The first kappa shape index (κ1) is 10.7. The maximum absolute atomic E-state index is 4.72. The van der Waals surface area contributed by atoms with E-state index in [1.165, 1.54) is 30.7 Å². The second kappa shape index (κ2) is 3.66. The summed E-state index contributed by atoms with van der Waals surface area (Å²) in [6.45, 7) is 9.97. The first-order valence-electron chi connectivity index (χ1n) is 6.02. The fourth-order valence-electron chi connectivity index (χ4n) is 1.98. The van der Waals surface area contributed by atoms with Crippen LogP contribution in [-0.2, 0) is 12.0 Å². The van der Waals surface area contributed by atoms with Gasteiger partial charge in [-0.15, -0.1) is 0 Å². The summed E-state index contributed by atoms with van der Waals surface area (Å²) in [5, 5.41) is 4.72. The van der Waals surface area contributed by atoms with Gasteiger partial charge in [0.1, 0.15) is 0 Å². The van der Waals surface area contributed by atoms with E-state index in [0.29, 0.717) is 0 Å². The van der Waals surface area contributed by atoms with E-state index in [-0.39, 0.29) is 5.41 Å². The molecule has 1 aromatic heterocycles. The highest BCUT2D eigenvalue weighted by atomic mass is 15.3. The Morgan fingerprint density at radius 3 is 2.47 bits per heavy atom. The molecule has 0 bridgehead atoms. The summed E-state index contributed by atoms with van der Waals surface area (Å²) in [5.41, 5.74) is 2.71. The zero-order valence-corrected chi connectivity index (χ0v) is 10.4. The summed E-state index contributed by atoms with van der Waals surface area (Å²) in [6.07, 6.45) is 4.20. The van der Waals surface area contributed by atoms with Gasteiger partial charge in [0.05, 0.1) is 5.69 Å². The number of hydrogen-bond acceptors (Lipinski definition) is 1. The SMILES string of the molecule is Cc1cc(C(C)(C)C)nn1CC1CCC1. The molecule has 0 amide bonds. The van der Waals surface area contributed by atoms with Crippen molar-refractivity contribution >= 4 is 0 Å². The third-order valence-corrected chi connectivity index (χ3v) is 3.41. The van der Waals surface area contributed by atoms with Crippen LogP contribution in [0.4, 0.5) is 0 Å². The molecule has 0 aromatic carbocycles. The van der Waals surface area contributed by atoms with E-state index in [0.717, 1.165) is 12.5 Å². The Morgan fingerprint density at radius 1 is 1.40 bits per heavy atom. The van der Waals surface area contributed by atoms with Gasteiger partial charge in [-0.25, -0.2) is 0 Å². The van der Waals surface area contributed by atoms with Crippen molar-refractivity contribution in [1.29, 1.82) is 0 Å². The average Bonchev–Trinajstić information content (AvgIpc) is 2.39. The Kier molecular flexibility index (Phi) is 2.61. The van der Waals surface area contributed by atoms with Crippen LogP contribution in [0.3, 0.4) is 0 Å². The molecule has 1 heterocycles. The second-order valence-electron chi connectivity index (χ2n) is 5.90. The molecule has 84 valence electrons. The third-order valence-electron chi connectivity index (χ3n) is 3.41. The van der Waals surface area contributed by atoms with Crippen LogP contribution in [0.2, 0.25) is 0 Å². The minimum atomic E-state index is 0.176. The molecule has 0 saturated heterocycles. The summed E-state index contributed by atoms with van der Waals surface area (Å²) >= 11 is 0. The molecule has 15 heavy (non-hydrogen) atoms. The van der Waals surface area contributed by atoms with Gasteiger partial charge < -0.3 is 0 Å². The van der Waals surface area contributed by atoms with Crippen molar-refractivity contribution in [2.24, 2.45) is 5.92 Å². The molecule has 0 atom stereocenters. The number of hydrogen-bond donors (Lipinski definition) is 0. The molecule has 0 aliphatic heterocycles. The summed E-state index contributed by atoms with van der Waals surface area (Å²) < 4.78 is 2.20. The predicted molar refractivity (Wildman–Crippen MR) is 63.0 cm³/mol. The van der Waals surface area contributed by atoms with E-state index >= 15 is 0 Å². The molecule has 0 unspecified atom stereocenters. The molecule has 1 fully saturated rings. The highest BCUT2D eigenvalue weighted by Gasteiger charge is 2.22. The van der Waals surface area contributed by atoms with Crippen LogP contribution in [0.1, 0.15) is 51.4 Å². The van der Waals surface area contributed by atoms with Gasteiger partial charge in [0.2, 0.25) is 0 Å². The van der Waals surface area contributed by atoms with Gasteiger partial charge in [-0.2, -0.15) is 5.10 Å². The number of aryl methyl sites for hydroxylation is 1. The lowest BCUT2D eigenvalue weighted by molar-refractivity contribution is 0.263. The van der Waals surface area contributed by atoms with Gasteiger partial charge in [0, 0.05) is 17.7 Å². The largest absolute Gasteiger partial charge is 0.269 e. The molecule has 1 aliphatic rings. The lowest BCUT2D eigenvalue weighted by Gasteiger charge is -2.25. The van der Waals surface area contributed by atoms with Crippen molar-refractivity contribution in [2.45, 2.75) is 58.9 Å². The van der Waals surface area contributed by atoms with Gasteiger partial charge >= 0.3 is 0 Å². The normalized spacial score (nSPS) is 17.9. The van der Waals surface area contributed by atoms with E-state index < -0.39 is 0 Å². The Labute approximate surface area is 92.7 Å².